The predicted octanol–water partition coefficient (Wildman–Crippen LogP) is 2.94. The van der Waals surface area contributed by atoms with Gasteiger partial charge in [0.2, 0.25) is 0 Å². The molecule has 1 saturated heterocycles. The van der Waals surface area contributed by atoms with E-state index >= 15 is 0 Å². The summed E-state index contributed by atoms with van der Waals surface area (Å²) in [5, 5.41) is 3.50. The van der Waals surface area contributed by atoms with Gasteiger partial charge in [0.1, 0.15) is 5.75 Å². The summed E-state index contributed by atoms with van der Waals surface area (Å²) in [4.78, 5) is 6.81. The number of nitrogens with one attached hydrogen (secondary N) is 1. The molecule has 2 rings (SSSR count). The van der Waals surface area contributed by atoms with Gasteiger partial charge in [-0.25, -0.2) is 0 Å². The lowest BCUT2D eigenvalue weighted by molar-refractivity contribution is 0.266. The van der Waals surface area contributed by atoms with Crippen LogP contribution in [0.1, 0.15) is 32.3 Å². The second kappa shape index (κ2) is 8.66. The SMILES string of the molecule is CCOc1ccccc1CCNC(=NC)N1CCCC(C)C1. The summed E-state index contributed by atoms with van der Waals surface area (Å²) in [5.74, 6) is 2.78. The van der Waals surface area contributed by atoms with Crippen LogP contribution in [0.3, 0.4) is 0 Å². The number of hydrogen-bond acceptors (Lipinski definition) is 2. The Kier molecular flexibility index (Phi) is 6.56. The molecular formula is C18H29N3O. The Balaban J connectivity index is 1.86. The fraction of sp³-hybridized carbons (Fsp3) is 0.611. The molecule has 0 aliphatic carbocycles. The van der Waals surface area contributed by atoms with Gasteiger partial charge in [-0.05, 0) is 43.7 Å². The summed E-state index contributed by atoms with van der Waals surface area (Å²) in [5.41, 5.74) is 1.25. The third kappa shape index (κ3) is 4.65. The van der Waals surface area contributed by atoms with Crippen LogP contribution in [0.2, 0.25) is 0 Å². The quantitative estimate of drug-likeness (QED) is 0.671. The smallest absolute Gasteiger partial charge is 0.193 e. The minimum Gasteiger partial charge on any atom is -0.494 e. The first-order valence-electron chi connectivity index (χ1n) is 8.41. The first-order chi connectivity index (χ1) is 10.7. The van der Waals surface area contributed by atoms with Gasteiger partial charge in [-0.2, -0.15) is 0 Å². The Bertz CT molecular complexity index is 487. The third-order valence-corrected chi connectivity index (χ3v) is 4.12. The van der Waals surface area contributed by atoms with Crippen LogP contribution >= 0.6 is 0 Å². The minimum absolute atomic E-state index is 0.706. The van der Waals surface area contributed by atoms with Crippen LogP contribution in [0, 0.1) is 5.92 Å². The fourth-order valence-corrected chi connectivity index (χ4v) is 3.03. The first kappa shape index (κ1) is 16.7. The summed E-state index contributed by atoms with van der Waals surface area (Å²) in [6.07, 6.45) is 3.53. The highest BCUT2D eigenvalue weighted by atomic mass is 16.5. The molecule has 22 heavy (non-hydrogen) atoms. The first-order valence-corrected chi connectivity index (χ1v) is 8.41. The van der Waals surface area contributed by atoms with Crippen molar-refractivity contribution in [1.82, 2.24) is 10.2 Å². The number of benzene rings is 1. The van der Waals surface area contributed by atoms with Gasteiger partial charge in [-0.3, -0.25) is 4.99 Å². The van der Waals surface area contributed by atoms with E-state index in [1.807, 2.05) is 26.1 Å². The molecule has 1 heterocycles. The zero-order chi connectivity index (χ0) is 15.8. The molecule has 1 fully saturated rings. The molecule has 0 saturated carbocycles. The average Bonchev–Trinajstić information content (AvgIpc) is 2.53. The monoisotopic (exact) mass is 303 g/mol. The number of piperidine rings is 1. The molecule has 1 N–H and O–H groups in total. The standard InChI is InChI=1S/C18H29N3O/c1-4-22-17-10-6-5-9-16(17)11-12-20-18(19-3)21-13-7-8-15(2)14-21/h5-6,9-10,15H,4,7-8,11-14H2,1-3H3,(H,19,20). The van der Waals surface area contributed by atoms with Gasteiger partial charge in [-0.15, -0.1) is 0 Å². The van der Waals surface area contributed by atoms with E-state index in [0.717, 1.165) is 43.7 Å². The zero-order valence-corrected chi connectivity index (χ0v) is 14.1. The molecule has 1 atom stereocenters. The zero-order valence-electron chi connectivity index (χ0n) is 14.1. The summed E-state index contributed by atoms with van der Waals surface area (Å²) in [7, 11) is 1.87. The third-order valence-electron chi connectivity index (χ3n) is 4.12. The summed E-state index contributed by atoms with van der Waals surface area (Å²) in [6.45, 7) is 8.14. The van der Waals surface area contributed by atoms with E-state index in [2.05, 4.69) is 34.3 Å². The molecule has 0 spiro atoms. The highest BCUT2D eigenvalue weighted by Crippen LogP contribution is 2.18. The minimum atomic E-state index is 0.706. The van der Waals surface area contributed by atoms with E-state index in [1.54, 1.807) is 0 Å². The fourth-order valence-electron chi connectivity index (χ4n) is 3.03. The Morgan fingerprint density at radius 1 is 1.41 bits per heavy atom. The molecule has 1 aromatic rings. The molecule has 4 nitrogen and oxygen atoms in total. The average molecular weight is 303 g/mol. The Morgan fingerprint density at radius 3 is 2.95 bits per heavy atom. The lowest BCUT2D eigenvalue weighted by Gasteiger charge is -2.33. The molecule has 122 valence electrons. The normalized spacial score (nSPS) is 19.1. The number of rotatable bonds is 5. The van der Waals surface area contributed by atoms with Crippen LogP contribution in [0.5, 0.6) is 5.75 Å². The highest BCUT2D eigenvalue weighted by Gasteiger charge is 2.18. The van der Waals surface area contributed by atoms with Crippen molar-refractivity contribution in [2.75, 3.05) is 33.3 Å². The lowest BCUT2D eigenvalue weighted by Crippen LogP contribution is -2.46. The van der Waals surface area contributed by atoms with Crippen molar-refractivity contribution in [3.63, 3.8) is 0 Å². The number of aliphatic imine (C=N–C) groups is 1. The molecular weight excluding hydrogens is 274 g/mol. The van der Waals surface area contributed by atoms with Gasteiger partial charge in [-0.1, -0.05) is 25.1 Å². The second-order valence-corrected chi connectivity index (χ2v) is 5.96. The number of likely N-dealkylation sites (tertiary alicyclic amines) is 1. The van der Waals surface area contributed by atoms with Crippen molar-refractivity contribution < 1.29 is 4.74 Å². The molecule has 1 aliphatic rings. The molecule has 1 aromatic carbocycles. The van der Waals surface area contributed by atoms with Gasteiger partial charge in [0.05, 0.1) is 6.61 Å². The highest BCUT2D eigenvalue weighted by molar-refractivity contribution is 5.80. The molecule has 0 bridgehead atoms. The largest absolute Gasteiger partial charge is 0.494 e. The number of guanidine groups is 1. The number of ether oxygens (including phenoxy) is 1. The van der Waals surface area contributed by atoms with Gasteiger partial charge in [0.15, 0.2) is 5.96 Å². The molecule has 1 unspecified atom stereocenters. The summed E-state index contributed by atoms with van der Waals surface area (Å²) >= 11 is 0. The molecule has 0 aromatic heterocycles. The molecule has 0 amide bonds. The van der Waals surface area contributed by atoms with E-state index in [0.29, 0.717) is 6.61 Å². The Labute approximate surface area is 134 Å². The van der Waals surface area contributed by atoms with Crippen LogP contribution in [0.25, 0.3) is 0 Å². The molecule has 0 radical (unpaired) electrons. The summed E-state index contributed by atoms with van der Waals surface area (Å²) in [6, 6.07) is 8.27. The van der Waals surface area contributed by atoms with E-state index in [-0.39, 0.29) is 0 Å². The van der Waals surface area contributed by atoms with E-state index in [1.165, 1.54) is 18.4 Å². The number of para-hydroxylation sites is 1. The Morgan fingerprint density at radius 2 is 2.23 bits per heavy atom. The lowest BCUT2D eigenvalue weighted by atomic mass is 10.0. The molecule has 1 aliphatic heterocycles. The number of hydrogen-bond donors (Lipinski definition) is 1. The van der Waals surface area contributed by atoms with Crippen molar-refractivity contribution in [3.8, 4) is 5.75 Å². The van der Waals surface area contributed by atoms with Crippen LogP contribution < -0.4 is 10.1 Å². The van der Waals surface area contributed by atoms with Crippen molar-refractivity contribution in [1.29, 1.82) is 0 Å². The summed E-state index contributed by atoms with van der Waals surface area (Å²) < 4.78 is 5.68. The van der Waals surface area contributed by atoms with Crippen LogP contribution in [-0.4, -0.2) is 44.1 Å². The van der Waals surface area contributed by atoms with Crippen LogP contribution in [-0.2, 0) is 6.42 Å². The predicted molar refractivity (Wildman–Crippen MR) is 92.6 cm³/mol. The maximum absolute atomic E-state index is 5.68. The van der Waals surface area contributed by atoms with E-state index in [4.69, 9.17) is 4.74 Å². The van der Waals surface area contributed by atoms with Gasteiger partial charge in [0.25, 0.3) is 0 Å². The van der Waals surface area contributed by atoms with Gasteiger partial charge < -0.3 is 15.0 Å². The maximum atomic E-state index is 5.68. The van der Waals surface area contributed by atoms with Gasteiger partial charge >= 0.3 is 0 Å². The molecule has 4 heteroatoms. The van der Waals surface area contributed by atoms with E-state index < -0.39 is 0 Å². The van der Waals surface area contributed by atoms with Gasteiger partial charge in [0, 0.05) is 26.7 Å². The van der Waals surface area contributed by atoms with Crippen molar-refractivity contribution in [2.24, 2.45) is 10.9 Å². The van der Waals surface area contributed by atoms with Crippen molar-refractivity contribution in [3.05, 3.63) is 29.8 Å². The van der Waals surface area contributed by atoms with Crippen molar-refractivity contribution >= 4 is 5.96 Å². The second-order valence-electron chi connectivity index (χ2n) is 5.96. The number of nitrogens with zero attached hydrogens (tertiary/aromatic N) is 2. The topological polar surface area (TPSA) is 36.9 Å². The van der Waals surface area contributed by atoms with E-state index in [9.17, 15) is 0 Å². The van der Waals surface area contributed by atoms with Crippen LogP contribution in [0.4, 0.5) is 0 Å². The maximum Gasteiger partial charge on any atom is 0.193 e. The van der Waals surface area contributed by atoms with Crippen molar-refractivity contribution in [2.45, 2.75) is 33.1 Å². The Hall–Kier alpha value is -1.71. The van der Waals surface area contributed by atoms with Crippen LogP contribution in [0.15, 0.2) is 29.3 Å².